The van der Waals surface area contributed by atoms with Crippen LogP contribution in [0.25, 0.3) is 0 Å². The molecule has 0 saturated carbocycles. The number of amides is 1. The third kappa shape index (κ3) is 6.01. The SMILES string of the molecule is Cc1nnc(NC(=O)[C@H](C)Sc2ccc(NC(=S)Nc3ccccc3)cc2)s1. The number of benzene rings is 2. The number of nitrogens with one attached hydrogen (secondary N) is 3. The van der Waals surface area contributed by atoms with E-state index in [1.54, 1.807) is 0 Å². The van der Waals surface area contributed by atoms with Gasteiger partial charge in [0.25, 0.3) is 0 Å². The smallest absolute Gasteiger partial charge is 0.239 e. The quantitative estimate of drug-likeness (QED) is 0.385. The molecular formula is C19H19N5OS3. The van der Waals surface area contributed by atoms with Crippen molar-refractivity contribution in [1.82, 2.24) is 10.2 Å². The fourth-order valence-corrected chi connectivity index (χ4v) is 3.94. The van der Waals surface area contributed by atoms with E-state index in [1.807, 2.05) is 68.4 Å². The summed E-state index contributed by atoms with van der Waals surface area (Å²) in [6.45, 7) is 3.71. The van der Waals surface area contributed by atoms with Gasteiger partial charge in [-0.15, -0.1) is 22.0 Å². The molecule has 0 bridgehead atoms. The van der Waals surface area contributed by atoms with E-state index >= 15 is 0 Å². The number of aryl methyl sites for hydroxylation is 1. The fourth-order valence-electron chi connectivity index (χ4n) is 2.24. The number of aromatic nitrogens is 2. The summed E-state index contributed by atoms with van der Waals surface area (Å²) >= 11 is 8.16. The Morgan fingerprint density at radius 3 is 2.25 bits per heavy atom. The number of anilines is 3. The predicted molar refractivity (Wildman–Crippen MR) is 121 cm³/mol. The average molecular weight is 430 g/mol. The van der Waals surface area contributed by atoms with E-state index in [0.29, 0.717) is 10.2 Å². The van der Waals surface area contributed by atoms with Gasteiger partial charge >= 0.3 is 0 Å². The third-order valence-electron chi connectivity index (χ3n) is 3.58. The van der Waals surface area contributed by atoms with Gasteiger partial charge in [-0.05, 0) is 62.5 Å². The maximum atomic E-state index is 12.3. The highest BCUT2D eigenvalue weighted by atomic mass is 32.2. The van der Waals surface area contributed by atoms with Gasteiger partial charge in [-0.25, -0.2) is 0 Å². The Morgan fingerprint density at radius 1 is 1.00 bits per heavy atom. The third-order valence-corrected chi connectivity index (χ3v) is 5.65. The summed E-state index contributed by atoms with van der Waals surface area (Å²) < 4.78 is 0. The van der Waals surface area contributed by atoms with Crippen LogP contribution >= 0.6 is 35.3 Å². The number of hydrogen-bond donors (Lipinski definition) is 3. The average Bonchev–Trinajstić information content (AvgIpc) is 3.08. The molecule has 3 aromatic rings. The Kier molecular flexibility index (Phi) is 6.96. The molecule has 0 aliphatic carbocycles. The van der Waals surface area contributed by atoms with Gasteiger partial charge < -0.3 is 10.6 Å². The van der Waals surface area contributed by atoms with Gasteiger partial charge in [-0.2, -0.15) is 0 Å². The second-order valence-electron chi connectivity index (χ2n) is 5.85. The second kappa shape index (κ2) is 9.63. The molecule has 1 aromatic heterocycles. The highest BCUT2D eigenvalue weighted by Crippen LogP contribution is 2.26. The zero-order valence-electron chi connectivity index (χ0n) is 15.3. The highest BCUT2D eigenvalue weighted by Gasteiger charge is 2.16. The molecule has 0 radical (unpaired) electrons. The van der Waals surface area contributed by atoms with E-state index in [1.165, 1.54) is 23.1 Å². The largest absolute Gasteiger partial charge is 0.332 e. The van der Waals surface area contributed by atoms with Crippen molar-refractivity contribution in [3.8, 4) is 0 Å². The van der Waals surface area contributed by atoms with Crippen LogP contribution < -0.4 is 16.0 Å². The number of rotatable bonds is 6. The van der Waals surface area contributed by atoms with Crippen molar-refractivity contribution in [2.45, 2.75) is 24.0 Å². The van der Waals surface area contributed by atoms with Crippen molar-refractivity contribution < 1.29 is 4.79 Å². The molecule has 6 nitrogen and oxygen atoms in total. The number of thioether (sulfide) groups is 1. The molecule has 144 valence electrons. The molecule has 0 saturated heterocycles. The Hall–Kier alpha value is -2.49. The molecule has 3 rings (SSSR count). The first-order chi connectivity index (χ1) is 13.5. The Balaban J connectivity index is 1.50. The van der Waals surface area contributed by atoms with Crippen LogP contribution in [-0.4, -0.2) is 26.5 Å². The van der Waals surface area contributed by atoms with Crippen molar-refractivity contribution in [3.05, 3.63) is 59.6 Å². The van der Waals surface area contributed by atoms with Gasteiger partial charge in [0.2, 0.25) is 11.0 Å². The van der Waals surface area contributed by atoms with Gasteiger partial charge in [-0.3, -0.25) is 10.1 Å². The minimum atomic E-state index is -0.260. The molecule has 0 aliphatic rings. The van der Waals surface area contributed by atoms with Crippen molar-refractivity contribution in [2.75, 3.05) is 16.0 Å². The molecular weight excluding hydrogens is 410 g/mol. The van der Waals surface area contributed by atoms with Crippen LogP contribution in [0.1, 0.15) is 11.9 Å². The van der Waals surface area contributed by atoms with Crippen LogP contribution in [0.3, 0.4) is 0 Å². The predicted octanol–water partition coefficient (Wildman–Crippen LogP) is 4.77. The molecule has 28 heavy (non-hydrogen) atoms. The van der Waals surface area contributed by atoms with Gasteiger partial charge in [0.15, 0.2) is 5.11 Å². The molecule has 1 atom stereocenters. The van der Waals surface area contributed by atoms with Crippen molar-refractivity contribution >= 4 is 62.8 Å². The summed E-state index contributed by atoms with van der Waals surface area (Å²) in [5.41, 5.74) is 1.80. The number of carbonyl (C=O) groups is 1. The first-order valence-electron chi connectivity index (χ1n) is 8.50. The van der Waals surface area contributed by atoms with E-state index < -0.39 is 0 Å². The maximum absolute atomic E-state index is 12.3. The summed E-state index contributed by atoms with van der Waals surface area (Å²) in [7, 11) is 0. The van der Waals surface area contributed by atoms with Gasteiger partial charge in [-0.1, -0.05) is 29.5 Å². The summed E-state index contributed by atoms with van der Waals surface area (Å²) in [4.78, 5) is 13.3. The molecule has 0 aliphatic heterocycles. The van der Waals surface area contributed by atoms with Crippen LogP contribution in [0.4, 0.5) is 16.5 Å². The van der Waals surface area contributed by atoms with Crippen molar-refractivity contribution in [2.24, 2.45) is 0 Å². The van der Waals surface area contributed by atoms with Crippen LogP contribution in [0.5, 0.6) is 0 Å². The second-order valence-corrected chi connectivity index (χ2v) is 8.85. The van der Waals surface area contributed by atoms with Gasteiger partial charge in [0.1, 0.15) is 5.01 Å². The first-order valence-corrected chi connectivity index (χ1v) is 10.6. The standard InChI is InChI=1S/C19H19N5OS3/c1-12(17(25)22-19-24-23-13(2)28-19)27-16-10-8-15(9-11-16)21-18(26)20-14-6-4-3-5-7-14/h3-12H,1-2H3,(H2,20,21,26)(H,22,24,25)/t12-/m0/s1. The van der Waals surface area contributed by atoms with E-state index in [0.717, 1.165) is 21.3 Å². The minimum Gasteiger partial charge on any atom is -0.332 e. The first kappa shape index (κ1) is 20.2. The summed E-state index contributed by atoms with van der Waals surface area (Å²) in [5, 5.41) is 18.5. The van der Waals surface area contributed by atoms with Crippen molar-refractivity contribution in [3.63, 3.8) is 0 Å². The summed E-state index contributed by atoms with van der Waals surface area (Å²) in [6.07, 6.45) is 0. The lowest BCUT2D eigenvalue weighted by Crippen LogP contribution is -2.22. The number of para-hydroxylation sites is 1. The molecule has 0 spiro atoms. The zero-order chi connectivity index (χ0) is 19.9. The molecule has 1 heterocycles. The topological polar surface area (TPSA) is 78.9 Å². The maximum Gasteiger partial charge on any atom is 0.239 e. The van der Waals surface area contributed by atoms with Crippen LogP contribution in [0.2, 0.25) is 0 Å². The van der Waals surface area contributed by atoms with E-state index in [2.05, 4.69) is 26.1 Å². The van der Waals surface area contributed by atoms with Gasteiger partial charge in [0, 0.05) is 16.3 Å². The normalized spacial score (nSPS) is 11.5. The zero-order valence-corrected chi connectivity index (χ0v) is 17.8. The van der Waals surface area contributed by atoms with Gasteiger partial charge in [0.05, 0.1) is 5.25 Å². The lowest BCUT2D eigenvalue weighted by molar-refractivity contribution is -0.115. The molecule has 1 amide bonds. The Morgan fingerprint density at radius 2 is 1.64 bits per heavy atom. The summed E-state index contributed by atoms with van der Waals surface area (Å²) in [5.74, 6) is -0.100. The van der Waals surface area contributed by atoms with E-state index in [9.17, 15) is 4.79 Å². The molecule has 9 heteroatoms. The number of hydrogen-bond acceptors (Lipinski definition) is 6. The number of thiocarbonyl (C=S) groups is 1. The van der Waals surface area contributed by atoms with Crippen LogP contribution in [-0.2, 0) is 4.79 Å². The molecule has 2 aromatic carbocycles. The molecule has 3 N–H and O–H groups in total. The summed E-state index contributed by atoms with van der Waals surface area (Å²) in [6, 6.07) is 17.5. The lowest BCUT2D eigenvalue weighted by atomic mass is 10.3. The molecule has 0 unspecified atom stereocenters. The van der Waals surface area contributed by atoms with Crippen LogP contribution in [0, 0.1) is 6.92 Å². The lowest BCUT2D eigenvalue weighted by Gasteiger charge is -2.12. The number of carbonyl (C=O) groups excluding carboxylic acids is 1. The Bertz CT molecular complexity index is 944. The van der Waals surface area contributed by atoms with Crippen molar-refractivity contribution in [1.29, 1.82) is 0 Å². The Labute approximate surface area is 177 Å². The molecule has 0 fully saturated rings. The number of nitrogens with zero attached hydrogens (tertiary/aromatic N) is 2. The fraction of sp³-hybridized carbons (Fsp3) is 0.158. The van der Waals surface area contributed by atoms with E-state index in [-0.39, 0.29) is 11.2 Å². The minimum absolute atomic E-state index is 0.100. The van der Waals surface area contributed by atoms with Crippen LogP contribution in [0.15, 0.2) is 59.5 Å². The van der Waals surface area contributed by atoms with E-state index in [4.69, 9.17) is 12.2 Å². The monoisotopic (exact) mass is 429 g/mol. The highest BCUT2D eigenvalue weighted by molar-refractivity contribution is 8.00.